The van der Waals surface area contributed by atoms with Gasteiger partial charge in [-0.3, -0.25) is 9.69 Å². The lowest BCUT2D eigenvalue weighted by atomic mass is 10.3. The van der Waals surface area contributed by atoms with Gasteiger partial charge in [-0.2, -0.15) is 0 Å². The molecule has 1 aromatic rings. The smallest absolute Gasteiger partial charge is 0.243 e. The van der Waals surface area contributed by atoms with Crippen molar-refractivity contribution < 1.29 is 9.53 Å². The van der Waals surface area contributed by atoms with Crippen LogP contribution in [0.25, 0.3) is 0 Å². The molecule has 160 valence electrons. The lowest BCUT2D eigenvalue weighted by Crippen LogP contribution is -2.48. The summed E-state index contributed by atoms with van der Waals surface area (Å²) >= 11 is 0. The van der Waals surface area contributed by atoms with Crippen molar-refractivity contribution in [1.29, 1.82) is 0 Å². The van der Waals surface area contributed by atoms with Crippen molar-refractivity contribution in [3.05, 3.63) is 24.4 Å². The summed E-state index contributed by atoms with van der Waals surface area (Å²) in [6.07, 6.45) is 2.82. The molecule has 1 amide bonds. The van der Waals surface area contributed by atoms with E-state index in [2.05, 4.69) is 30.4 Å². The number of carbonyl (C=O) groups is 1. The van der Waals surface area contributed by atoms with Crippen molar-refractivity contribution in [2.45, 2.75) is 12.5 Å². The molecule has 1 aromatic heterocycles. The van der Waals surface area contributed by atoms with Crippen LogP contribution < -0.4 is 15.5 Å². The van der Waals surface area contributed by atoms with Crippen LogP contribution in [0.4, 0.5) is 5.82 Å². The van der Waals surface area contributed by atoms with Gasteiger partial charge in [0.25, 0.3) is 0 Å². The van der Waals surface area contributed by atoms with Gasteiger partial charge in [-0.25, -0.2) is 9.98 Å². The molecule has 2 aliphatic rings. The first-order valence-electron chi connectivity index (χ1n) is 10.3. The largest absolute Gasteiger partial charge is 0.379 e. The number of amides is 1. The minimum atomic E-state index is -0.0131. The summed E-state index contributed by atoms with van der Waals surface area (Å²) in [7, 11) is 3.50. The summed E-state index contributed by atoms with van der Waals surface area (Å²) in [5.74, 6) is 1.68. The zero-order valence-corrected chi connectivity index (χ0v) is 17.5. The maximum atomic E-state index is 12.0. The number of morpholine rings is 1. The highest BCUT2D eigenvalue weighted by atomic mass is 16.5. The van der Waals surface area contributed by atoms with Crippen LogP contribution in [0.3, 0.4) is 0 Å². The number of aromatic nitrogens is 1. The van der Waals surface area contributed by atoms with Gasteiger partial charge < -0.3 is 25.2 Å². The van der Waals surface area contributed by atoms with Crippen LogP contribution in [0.2, 0.25) is 0 Å². The SMILES string of the molecule is CN(C)C(=O)CN=C(NCCN1CCOCC1)NC1CCN(c2ccccn2)C1. The Morgan fingerprint density at radius 1 is 1.31 bits per heavy atom. The summed E-state index contributed by atoms with van der Waals surface area (Å²) in [5.41, 5.74) is 0. The molecule has 2 N–H and O–H groups in total. The first-order chi connectivity index (χ1) is 14.1. The van der Waals surface area contributed by atoms with Crippen molar-refractivity contribution >= 4 is 17.7 Å². The van der Waals surface area contributed by atoms with Gasteiger partial charge in [-0.1, -0.05) is 6.07 Å². The van der Waals surface area contributed by atoms with Crippen LogP contribution in [0.1, 0.15) is 6.42 Å². The summed E-state index contributed by atoms with van der Waals surface area (Å²) < 4.78 is 5.40. The number of guanidine groups is 1. The number of pyridine rings is 1. The van der Waals surface area contributed by atoms with Crippen LogP contribution in [-0.4, -0.2) is 106 Å². The zero-order valence-electron chi connectivity index (χ0n) is 17.5. The second kappa shape index (κ2) is 11.0. The number of anilines is 1. The lowest BCUT2D eigenvalue weighted by molar-refractivity contribution is -0.127. The van der Waals surface area contributed by atoms with E-state index in [1.165, 1.54) is 0 Å². The van der Waals surface area contributed by atoms with Gasteiger partial charge in [-0.05, 0) is 18.6 Å². The van der Waals surface area contributed by atoms with Crippen molar-refractivity contribution in [2.75, 3.05) is 78.0 Å². The number of aliphatic imine (C=N–C) groups is 1. The van der Waals surface area contributed by atoms with Crippen LogP contribution in [0.15, 0.2) is 29.4 Å². The molecule has 0 aromatic carbocycles. The van der Waals surface area contributed by atoms with Crippen LogP contribution in [0, 0.1) is 0 Å². The molecule has 2 fully saturated rings. The number of nitrogens with one attached hydrogen (secondary N) is 2. The van der Waals surface area contributed by atoms with E-state index in [-0.39, 0.29) is 18.5 Å². The molecule has 9 heteroatoms. The molecular formula is C20H33N7O2. The quantitative estimate of drug-likeness (QED) is 0.474. The molecule has 0 bridgehead atoms. The molecule has 0 spiro atoms. The number of ether oxygens (including phenoxy) is 1. The molecule has 9 nitrogen and oxygen atoms in total. The van der Waals surface area contributed by atoms with E-state index in [1.807, 2.05) is 24.4 Å². The van der Waals surface area contributed by atoms with E-state index in [0.717, 1.165) is 64.7 Å². The number of rotatable bonds is 7. The highest BCUT2D eigenvalue weighted by Crippen LogP contribution is 2.17. The van der Waals surface area contributed by atoms with Crippen LogP contribution in [-0.2, 0) is 9.53 Å². The third kappa shape index (κ3) is 6.86. The topological polar surface area (TPSA) is 85.3 Å². The lowest BCUT2D eigenvalue weighted by Gasteiger charge is -2.27. The van der Waals surface area contributed by atoms with Crippen LogP contribution in [0.5, 0.6) is 0 Å². The van der Waals surface area contributed by atoms with Gasteiger partial charge in [0, 0.05) is 65.6 Å². The van der Waals surface area contributed by atoms with Crippen molar-refractivity contribution in [3.63, 3.8) is 0 Å². The normalized spacial score (nSPS) is 20.6. The average Bonchev–Trinajstić information content (AvgIpc) is 3.21. The Morgan fingerprint density at radius 3 is 2.86 bits per heavy atom. The molecule has 29 heavy (non-hydrogen) atoms. The van der Waals surface area contributed by atoms with Gasteiger partial charge in [-0.15, -0.1) is 0 Å². The Balaban J connectivity index is 1.52. The molecule has 0 saturated carbocycles. The third-order valence-electron chi connectivity index (χ3n) is 5.20. The standard InChI is InChI=1S/C20H33N7O2/c1-25(2)19(28)15-23-20(22-8-10-26-11-13-29-14-12-26)24-17-6-9-27(16-17)18-5-3-4-7-21-18/h3-5,7,17H,6,8-16H2,1-2H3,(H2,22,23,24). The first kappa shape index (κ1) is 21.3. The van der Waals surface area contributed by atoms with E-state index in [1.54, 1.807) is 19.0 Å². The molecule has 0 radical (unpaired) electrons. The monoisotopic (exact) mass is 403 g/mol. The maximum absolute atomic E-state index is 12.0. The fourth-order valence-electron chi connectivity index (χ4n) is 3.42. The zero-order chi connectivity index (χ0) is 20.5. The molecule has 3 rings (SSSR count). The number of hydrogen-bond donors (Lipinski definition) is 2. The second-order valence-corrected chi connectivity index (χ2v) is 7.60. The molecular weight excluding hydrogens is 370 g/mol. The minimum absolute atomic E-state index is 0.0131. The van der Waals surface area contributed by atoms with E-state index >= 15 is 0 Å². The van der Waals surface area contributed by atoms with Crippen molar-refractivity contribution in [2.24, 2.45) is 4.99 Å². The van der Waals surface area contributed by atoms with E-state index in [0.29, 0.717) is 5.96 Å². The highest BCUT2D eigenvalue weighted by Gasteiger charge is 2.24. The van der Waals surface area contributed by atoms with E-state index in [9.17, 15) is 4.79 Å². The molecule has 3 heterocycles. The highest BCUT2D eigenvalue weighted by molar-refractivity contribution is 5.85. The Labute approximate surface area is 173 Å². The summed E-state index contributed by atoms with van der Waals surface area (Å²) in [4.78, 5) is 27.1. The third-order valence-corrected chi connectivity index (χ3v) is 5.20. The number of nitrogens with zero attached hydrogens (tertiary/aromatic N) is 5. The molecule has 1 atom stereocenters. The predicted octanol–water partition coefficient (Wildman–Crippen LogP) is -0.384. The summed E-state index contributed by atoms with van der Waals surface area (Å²) in [5, 5.41) is 6.90. The Morgan fingerprint density at radius 2 is 2.14 bits per heavy atom. The van der Waals surface area contributed by atoms with Gasteiger partial charge in [0.05, 0.1) is 13.2 Å². The summed E-state index contributed by atoms with van der Waals surface area (Å²) in [6, 6.07) is 6.24. The Hall–Kier alpha value is -2.39. The van der Waals surface area contributed by atoms with Crippen molar-refractivity contribution in [3.8, 4) is 0 Å². The Bertz CT molecular complexity index is 662. The Kier molecular flexibility index (Phi) is 8.06. The maximum Gasteiger partial charge on any atom is 0.243 e. The van der Waals surface area contributed by atoms with E-state index in [4.69, 9.17) is 4.74 Å². The average molecular weight is 404 g/mol. The summed E-state index contributed by atoms with van der Waals surface area (Å²) in [6.45, 7) is 7.16. The van der Waals surface area contributed by atoms with Gasteiger partial charge in [0.2, 0.25) is 5.91 Å². The molecule has 2 saturated heterocycles. The fraction of sp³-hybridized carbons (Fsp3) is 0.650. The molecule has 2 aliphatic heterocycles. The molecule has 0 aliphatic carbocycles. The van der Waals surface area contributed by atoms with Gasteiger partial charge in [0.1, 0.15) is 12.4 Å². The predicted molar refractivity (Wildman–Crippen MR) is 114 cm³/mol. The minimum Gasteiger partial charge on any atom is -0.379 e. The number of hydrogen-bond acceptors (Lipinski definition) is 6. The number of likely N-dealkylation sites (N-methyl/N-ethyl adjacent to an activating group) is 1. The van der Waals surface area contributed by atoms with Crippen molar-refractivity contribution in [1.82, 2.24) is 25.4 Å². The van der Waals surface area contributed by atoms with E-state index < -0.39 is 0 Å². The number of carbonyl (C=O) groups excluding carboxylic acids is 1. The second-order valence-electron chi connectivity index (χ2n) is 7.60. The first-order valence-corrected chi connectivity index (χ1v) is 10.3. The van der Waals surface area contributed by atoms with Gasteiger partial charge in [0.15, 0.2) is 5.96 Å². The molecule has 1 unspecified atom stereocenters. The fourth-order valence-corrected chi connectivity index (χ4v) is 3.42. The van der Waals surface area contributed by atoms with Crippen LogP contribution >= 0.6 is 0 Å². The van der Waals surface area contributed by atoms with Gasteiger partial charge >= 0.3 is 0 Å².